The molecule has 9 heteroatoms. The van der Waals surface area contributed by atoms with E-state index in [0.29, 0.717) is 18.7 Å². The Morgan fingerprint density at radius 1 is 0.892 bits per heavy atom. The van der Waals surface area contributed by atoms with E-state index in [1.807, 2.05) is 36.4 Å². The molecule has 1 fully saturated rings. The van der Waals surface area contributed by atoms with Gasteiger partial charge in [0.1, 0.15) is 11.9 Å². The fourth-order valence-corrected chi connectivity index (χ4v) is 3.99. The molecule has 4 rings (SSSR count). The number of nitrogens with zero attached hydrogens (tertiary/aromatic N) is 1. The zero-order valence-electron chi connectivity index (χ0n) is 19.9. The van der Waals surface area contributed by atoms with Crippen molar-refractivity contribution in [1.29, 1.82) is 0 Å². The molecular formula is C28H26F3NO5. The van der Waals surface area contributed by atoms with Gasteiger partial charge in [-0.1, -0.05) is 66.7 Å². The molecule has 2 atom stereocenters. The van der Waals surface area contributed by atoms with Crippen LogP contribution in [0.5, 0.6) is 5.75 Å². The average Bonchev–Trinajstić information content (AvgIpc) is 2.88. The first-order chi connectivity index (χ1) is 17.6. The number of carboxylic acids is 2. The Labute approximate surface area is 212 Å². The van der Waals surface area contributed by atoms with Crippen LogP contribution < -0.4 is 4.74 Å². The van der Waals surface area contributed by atoms with Crippen molar-refractivity contribution in [3.05, 3.63) is 114 Å². The van der Waals surface area contributed by atoms with E-state index in [1.165, 1.54) is 17.2 Å². The number of benzene rings is 3. The predicted molar refractivity (Wildman–Crippen MR) is 131 cm³/mol. The Kier molecular flexibility index (Phi) is 9.08. The van der Waals surface area contributed by atoms with E-state index in [9.17, 15) is 22.8 Å². The van der Waals surface area contributed by atoms with Crippen LogP contribution in [-0.4, -0.2) is 45.7 Å². The van der Waals surface area contributed by atoms with E-state index in [4.69, 9.17) is 14.9 Å². The third-order valence-electron chi connectivity index (χ3n) is 5.83. The van der Waals surface area contributed by atoms with Gasteiger partial charge in [0.15, 0.2) is 0 Å². The summed E-state index contributed by atoms with van der Waals surface area (Å²) in [6.45, 7) is 2.70. The maximum Gasteiger partial charge on any atom is 0.416 e. The van der Waals surface area contributed by atoms with Crippen molar-refractivity contribution in [3.63, 3.8) is 0 Å². The van der Waals surface area contributed by atoms with Gasteiger partial charge in [-0.05, 0) is 36.2 Å². The van der Waals surface area contributed by atoms with Crippen molar-refractivity contribution in [3.8, 4) is 5.75 Å². The second-order valence-corrected chi connectivity index (χ2v) is 8.35. The molecule has 0 amide bonds. The topological polar surface area (TPSA) is 87.1 Å². The van der Waals surface area contributed by atoms with Gasteiger partial charge in [-0.3, -0.25) is 4.90 Å². The number of ether oxygens (including phenoxy) is 1. The number of hydrogen-bond acceptors (Lipinski definition) is 4. The molecule has 0 unspecified atom stereocenters. The first kappa shape index (κ1) is 27.5. The molecule has 194 valence electrons. The minimum Gasteiger partial charge on any atom is -0.487 e. The van der Waals surface area contributed by atoms with Crippen LogP contribution in [0.15, 0.2) is 97.1 Å². The maximum atomic E-state index is 13.0. The van der Waals surface area contributed by atoms with Crippen molar-refractivity contribution in [1.82, 2.24) is 4.90 Å². The summed E-state index contributed by atoms with van der Waals surface area (Å²) in [5, 5.41) is 15.6. The fraction of sp³-hybridized carbons (Fsp3) is 0.214. The number of likely N-dealkylation sites (tertiary alicyclic amines) is 1. The summed E-state index contributed by atoms with van der Waals surface area (Å²) < 4.78 is 44.8. The normalized spacial score (nSPS) is 17.5. The molecule has 3 aromatic rings. The highest BCUT2D eigenvalue weighted by atomic mass is 19.4. The summed E-state index contributed by atoms with van der Waals surface area (Å²) in [6, 6.07) is 25.7. The van der Waals surface area contributed by atoms with E-state index < -0.39 is 23.7 Å². The Bertz CT molecular complexity index is 1160. The highest BCUT2D eigenvalue weighted by Crippen LogP contribution is 2.38. The van der Waals surface area contributed by atoms with Gasteiger partial charge in [-0.2, -0.15) is 13.2 Å². The van der Waals surface area contributed by atoms with E-state index in [0.717, 1.165) is 12.1 Å². The number of carboxylic acid groups (broad SMARTS) is 2. The summed E-state index contributed by atoms with van der Waals surface area (Å²) in [6.07, 6.45) is -3.42. The van der Waals surface area contributed by atoms with Gasteiger partial charge in [0.25, 0.3) is 0 Å². The van der Waals surface area contributed by atoms with Crippen LogP contribution >= 0.6 is 0 Å². The van der Waals surface area contributed by atoms with E-state index in [-0.39, 0.29) is 23.9 Å². The largest absolute Gasteiger partial charge is 0.487 e. The van der Waals surface area contributed by atoms with Gasteiger partial charge < -0.3 is 14.9 Å². The predicted octanol–water partition coefficient (Wildman–Crippen LogP) is 5.66. The van der Waals surface area contributed by atoms with Crippen molar-refractivity contribution >= 4 is 11.9 Å². The average molecular weight is 514 g/mol. The van der Waals surface area contributed by atoms with Crippen LogP contribution in [0.4, 0.5) is 13.2 Å². The molecule has 1 aliphatic heterocycles. The summed E-state index contributed by atoms with van der Waals surface area (Å²) in [7, 11) is 0. The van der Waals surface area contributed by atoms with Crippen LogP contribution in [-0.2, 0) is 15.8 Å². The zero-order chi connectivity index (χ0) is 27.0. The van der Waals surface area contributed by atoms with Gasteiger partial charge in [-0.25, -0.2) is 9.59 Å². The second kappa shape index (κ2) is 12.2. The fourth-order valence-electron chi connectivity index (χ4n) is 3.99. The molecule has 0 aliphatic carbocycles. The third-order valence-corrected chi connectivity index (χ3v) is 5.83. The Balaban J connectivity index is 0.000000414. The molecule has 0 aromatic heterocycles. The minimum atomic E-state index is -4.37. The SMILES string of the molecule is C[C@H]1[C@@H](Oc2cccc(C(F)(F)F)c2)CN1C(c1ccccc1)c1ccccc1.O=C(O)C=CC(=O)O. The van der Waals surface area contributed by atoms with E-state index in [1.54, 1.807) is 6.07 Å². The Hall–Kier alpha value is -4.11. The molecule has 6 nitrogen and oxygen atoms in total. The monoisotopic (exact) mass is 513 g/mol. The molecule has 3 aromatic carbocycles. The number of aliphatic carboxylic acids is 2. The van der Waals surface area contributed by atoms with Gasteiger partial charge in [0.05, 0.1) is 11.6 Å². The first-order valence-corrected chi connectivity index (χ1v) is 11.4. The maximum absolute atomic E-state index is 13.0. The van der Waals surface area contributed by atoms with Crippen LogP contribution in [0, 0.1) is 0 Å². The molecular weight excluding hydrogens is 487 g/mol. The van der Waals surface area contributed by atoms with Gasteiger partial charge >= 0.3 is 18.1 Å². The molecule has 2 N–H and O–H groups in total. The molecule has 1 saturated heterocycles. The lowest BCUT2D eigenvalue weighted by atomic mass is 9.89. The molecule has 0 bridgehead atoms. The third kappa shape index (κ3) is 7.68. The highest BCUT2D eigenvalue weighted by molar-refractivity contribution is 5.89. The number of alkyl halides is 3. The van der Waals surface area contributed by atoms with E-state index >= 15 is 0 Å². The molecule has 0 spiro atoms. The van der Waals surface area contributed by atoms with Crippen LogP contribution in [0.3, 0.4) is 0 Å². The summed E-state index contributed by atoms with van der Waals surface area (Å²) in [5.74, 6) is -2.26. The van der Waals surface area contributed by atoms with Crippen molar-refractivity contribution in [2.75, 3.05) is 6.54 Å². The lowest BCUT2D eigenvalue weighted by Gasteiger charge is -2.50. The van der Waals surface area contributed by atoms with Gasteiger partial charge in [0.2, 0.25) is 0 Å². The first-order valence-electron chi connectivity index (χ1n) is 11.4. The number of carbonyl (C=O) groups is 2. The van der Waals surface area contributed by atoms with Crippen molar-refractivity contribution < 1.29 is 37.7 Å². The highest BCUT2D eigenvalue weighted by Gasteiger charge is 2.42. The van der Waals surface area contributed by atoms with Crippen LogP contribution in [0.1, 0.15) is 29.7 Å². The van der Waals surface area contributed by atoms with Crippen molar-refractivity contribution in [2.24, 2.45) is 0 Å². The summed E-state index contributed by atoms with van der Waals surface area (Å²) in [4.78, 5) is 21.4. The van der Waals surface area contributed by atoms with Crippen molar-refractivity contribution in [2.45, 2.75) is 31.3 Å². The van der Waals surface area contributed by atoms with Gasteiger partial charge in [-0.15, -0.1) is 0 Å². The molecule has 0 radical (unpaired) electrons. The van der Waals surface area contributed by atoms with E-state index in [2.05, 4.69) is 36.1 Å². The standard InChI is InChI=1S/C24H22F3NO.C4H4O4/c1-17-22(29-21-14-8-13-20(15-21)24(25,26)27)16-28(17)23(18-9-4-2-5-10-18)19-11-6-3-7-12-19;5-3(6)1-2-4(7)8/h2-15,17,22-23H,16H2,1H3;1-2H,(H,5,6)(H,7,8)/t17-,22-;/m0./s1. The van der Waals surface area contributed by atoms with Gasteiger partial charge in [0, 0.05) is 24.7 Å². The number of halogens is 3. The number of rotatable bonds is 7. The quantitative estimate of drug-likeness (QED) is 0.397. The lowest BCUT2D eigenvalue weighted by molar-refractivity contribution is -0.138. The Morgan fingerprint density at radius 2 is 1.41 bits per heavy atom. The van der Waals surface area contributed by atoms with Crippen LogP contribution in [0.25, 0.3) is 0 Å². The molecule has 1 heterocycles. The molecule has 1 aliphatic rings. The smallest absolute Gasteiger partial charge is 0.416 e. The second-order valence-electron chi connectivity index (χ2n) is 8.35. The number of hydrogen-bond donors (Lipinski definition) is 2. The van der Waals surface area contributed by atoms with Crippen LogP contribution in [0.2, 0.25) is 0 Å². The minimum absolute atomic E-state index is 0.0648. The lowest BCUT2D eigenvalue weighted by Crippen LogP contribution is -2.62. The zero-order valence-corrected chi connectivity index (χ0v) is 19.9. The summed E-state index contributed by atoms with van der Waals surface area (Å²) >= 11 is 0. The molecule has 0 saturated carbocycles. The Morgan fingerprint density at radius 3 is 1.84 bits per heavy atom. The summed E-state index contributed by atoms with van der Waals surface area (Å²) in [5.41, 5.74) is 1.68. The molecule has 37 heavy (non-hydrogen) atoms.